The van der Waals surface area contributed by atoms with Gasteiger partial charge in [0, 0.05) is 11.3 Å². The van der Waals surface area contributed by atoms with Gasteiger partial charge in [-0.05, 0) is 29.6 Å². The lowest BCUT2D eigenvalue weighted by Crippen LogP contribution is -2.33. The van der Waals surface area contributed by atoms with Crippen molar-refractivity contribution in [3.05, 3.63) is 28.8 Å². The summed E-state index contributed by atoms with van der Waals surface area (Å²) in [5.41, 5.74) is 6.47. The number of benzene rings is 1. The van der Waals surface area contributed by atoms with Crippen LogP contribution in [0.3, 0.4) is 0 Å². The zero-order valence-electron chi connectivity index (χ0n) is 11.3. The first kappa shape index (κ1) is 15.4. The summed E-state index contributed by atoms with van der Waals surface area (Å²) in [5.74, 6) is 3.74. The summed E-state index contributed by atoms with van der Waals surface area (Å²) in [6.45, 7) is 8.41. The molecule has 0 bridgehead atoms. The van der Waals surface area contributed by atoms with Crippen molar-refractivity contribution in [2.24, 2.45) is 0 Å². The largest absolute Gasteiger partial charge is 0.488 e. The maximum Gasteiger partial charge on any atom is 0.488 e. The van der Waals surface area contributed by atoms with Crippen LogP contribution in [0.1, 0.15) is 16.7 Å². The molecule has 18 heavy (non-hydrogen) atoms. The zero-order chi connectivity index (χ0) is 13.9. The standard InChI is InChI=1S/C13H19BO2SSi/c1-10-12(5-6-18(2,3)4)7-11(9-17)8-13(10)14(15)16/h7-8,15-17H,9H2,1-4H3. The van der Waals surface area contributed by atoms with Crippen molar-refractivity contribution in [3.8, 4) is 11.5 Å². The summed E-state index contributed by atoms with van der Waals surface area (Å²) in [4.78, 5) is 0. The number of thiol groups is 1. The van der Waals surface area contributed by atoms with Crippen molar-refractivity contribution in [1.29, 1.82) is 0 Å². The second-order valence-electron chi connectivity index (χ2n) is 5.39. The van der Waals surface area contributed by atoms with E-state index >= 15 is 0 Å². The van der Waals surface area contributed by atoms with Crippen molar-refractivity contribution in [3.63, 3.8) is 0 Å². The normalized spacial score (nSPS) is 10.8. The van der Waals surface area contributed by atoms with Crippen LogP contribution >= 0.6 is 12.6 Å². The molecule has 0 fully saturated rings. The van der Waals surface area contributed by atoms with Crippen molar-refractivity contribution >= 4 is 33.3 Å². The van der Waals surface area contributed by atoms with Gasteiger partial charge in [-0.15, -0.1) is 5.54 Å². The lowest BCUT2D eigenvalue weighted by molar-refractivity contribution is 0.425. The Balaban J connectivity index is 3.34. The van der Waals surface area contributed by atoms with Crippen LogP contribution in [0.25, 0.3) is 0 Å². The van der Waals surface area contributed by atoms with E-state index in [0.29, 0.717) is 11.2 Å². The average molecular weight is 278 g/mol. The topological polar surface area (TPSA) is 40.5 Å². The van der Waals surface area contributed by atoms with E-state index in [2.05, 4.69) is 43.7 Å². The van der Waals surface area contributed by atoms with Crippen LogP contribution < -0.4 is 5.46 Å². The molecule has 1 aromatic carbocycles. The Morgan fingerprint density at radius 2 is 1.89 bits per heavy atom. The molecule has 1 aromatic rings. The van der Waals surface area contributed by atoms with E-state index in [1.807, 2.05) is 13.0 Å². The molecule has 0 amide bonds. The Hall–Kier alpha value is -0.668. The summed E-state index contributed by atoms with van der Waals surface area (Å²) >= 11 is 4.23. The van der Waals surface area contributed by atoms with Gasteiger partial charge < -0.3 is 10.0 Å². The molecule has 0 aliphatic heterocycles. The van der Waals surface area contributed by atoms with Crippen LogP contribution in [-0.4, -0.2) is 25.2 Å². The first-order valence-electron chi connectivity index (χ1n) is 5.88. The van der Waals surface area contributed by atoms with Crippen molar-refractivity contribution in [2.45, 2.75) is 32.3 Å². The quantitative estimate of drug-likeness (QED) is 0.434. The molecule has 0 saturated heterocycles. The molecule has 0 heterocycles. The van der Waals surface area contributed by atoms with Gasteiger partial charge in [-0.3, -0.25) is 0 Å². The molecule has 2 nitrogen and oxygen atoms in total. The fraction of sp³-hybridized carbons (Fsp3) is 0.385. The Labute approximate surface area is 116 Å². The molecule has 2 N–H and O–H groups in total. The van der Waals surface area contributed by atoms with E-state index in [4.69, 9.17) is 0 Å². The van der Waals surface area contributed by atoms with Gasteiger partial charge in [-0.25, -0.2) is 0 Å². The van der Waals surface area contributed by atoms with Gasteiger partial charge in [0.05, 0.1) is 0 Å². The van der Waals surface area contributed by atoms with Crippen LogP contribution in [0, 0.1) is 18.4 Å². The summed E-state index contributed by atoms with van der Waals surface area (Å²) in [5, 5.41) is 18.7. The third-order valence-electron chi connectivity index (χ3n) is 2.54. The summed E-state index contributed by atoms with van der Waals surface area (Å²) < 4.78 is 0. The maximum atomic E-state index is 9.37. The minimum Gasteiger partial charge on any atom is -0.423 e. The summed E-state index contributed by atoms with van der Waals surface area (Å²) in [6.07, 6.45) is 0. The summed E-state index contributed by atoms with van der Waals surface area (Å²) in [7, 11) is -2.90. The average Bonchev–Trinajstić information content (AvgIpc) is 2.26. The lowest BCUT2D eigenvalue weighted by Gasteiger charge is -2.10. The predicted octanol–water partition coefficient (Wildman–Crippen LogP) is 1.33. The highest BCUT2D eigenvalue weighted by Gasteiger charge is 2.17. The Bertz CT molecular complexity index is 498. The fourth-order valence-corrected chi connectivity index (χ4v) is 2.24. The number of rotatable bonds is 2. The Morgan fingerprint density at radius 3 is 2.33 bits per heavy atom. The Kier molecular flexibility index (Phi) is 5.11. The SMILES string of the molecule is Cc1c(C#C[Si](C)(C)C)cc(CS)cc1B(O)O. The molecule has 0 aliphatic rings. The highest BCUT2D eigenvalue weighted by atomic mass is 32.1. The minimum atomic E-state index is -1.46. The first-order valence-corrected chi connectivity index (χ1v) is 10.0. The molecular formula is C13H19BO2SSi. The highest BCUT2D eigenvalue weighted by molar-refractivity contribution is 7.79. The molecule has 96 valence electrons. The number of hydrogen-bond donors (Lipinski definition) is 3. The smallest absolute Gasteiger partial charge is 0.423 e. The van der Waals surface area contributed by atoms with Gasteiger partial charge in [0.15, 0.2) is 0 Å². The van der Waals surface area contributed by atoms with Gasteiger partial charge in [0.1, 0.15) is 8.07 Å². The first-order chi connectivity index (χ1) is 8.24. The molecule has 0 aliphatic carbocycles. The van der Waals surface area contributed by atoms with Crippen LogP contribution in [0.2, 0.25) is 19.6 Å². The molecule has 0 saturated carbocycles. The van der Waals surface area contributed by atoms with E-state index in [1.165, 1.54) is 0 Å². The molecule has 0 aromatic heterocycles. The number of hydrogen-bond acceptors (Lipinski definition) is 3. The third kappa shape index (κ3) is 4.22. The molecular weight excluding hydrogens is 259 g/mol. The molecule has 0 unspecified atom stereocenters. The second-order valence-corrected chi connectivity index (χ2v) is 10.5. The second kappa shape index (κ2) is 5.98. The van der Waals surface area contributed by atoms with Gasteiger partial charge in [-0.1, -0.05) is 31.6 Å². The van der Waals surface area contributed by atoms with Crippen LogP contribution in [0.5, 0.6) is 0 Å². The van der Waals surface area contributed by atoms with Crippen LogP contribution in [0.15, 0.2) is 12.1 Å². The molecule has 5 heteroatoms. The van der Waals surface area contributed by atoms with E-state index in [9.17, 15) is 10.0 Å². The van der Waals surface area contributed by atoms with Gasteiger partial charge >= 0.3 is 7.12 Å². The highest BCUT2D eigenvalue weighted by Crippen LogP contribution is 2.11. The van der Waals surface area contributed by atoms with E-state index in [1.54, 1.807) is 6.07 Å². The molecule has 0 atom stereocenters. The van der Waals surface area contributed by atoms with Gasteiger partial charge in [0.25, 0.3) is 0 Å². The van der Waals surface area contributed by atoms with E-state index < -0.39 is 15.2 Å². The molecule has 0 radical (unpaired) electrons. The zero-order valence-corrected chi connectivity index (χ0v) is 13.2. The predicted molar refractivity (Wildman–Crippen MR) is 83.9 cm³/mol. The maximum absolute atomic E-state index is 9.37. The summed E-state index contributed by atoms with van der Waals surface area (Å²) in [6, 6.07) is 3.74. The lowest BCUT2D eigenvalue weighted by atomic mass is 9.75. The van der Waals surface area contributed by atoms with Crippen molar-refractivity contribution < 1.29 is 10.0 Å². The fourth-order valence-electron chi connectivity index (χ4n) is 1.54. The Morgan fingerprint density at radius 1 is 1.28 bits per heavy atom. The molecule has 1 rings (SSSR count). The van der Waals surface area contributed by atoms with E-state index in [0.717, 1.165) is 16.7 Å². The van der Waals surface area contributed by atoms with Crippen molar-refractivity contribution in [2.75, 3.05) is 0 Å². The van der Waals surface area contributed by atoms with Crippen LogP contribution in [-0.2, 0) is 5.75 Å². The van der Waals surface area contributed by atoms with E-state index in [-0.39, 0.29) is 0 Å². The van der Waals surface area contributed by atoms with Gasteiger partial charge in [-0.2, -0.15) is 12.6 Å². The monoisotopic (exact) mass is 278 g/mol. The van der Waals surface area contributed by atoms with Crippen LogP contribution in [0.4, 0.5) is 0 Å². The van der Waals surface area contributed by atoms with Crippen molar-refractivity contribution in [1.82, 2.24) is 0 Å². The minimum absolute atomic E-state index is 0.515. The van der Waals surface area contributed by atoms with Gasteiger partial charge in [0.2, 0.25) is 0 Å². The molecule has 0 spiro atoms. The third-order valence-corrected chi connectivity index (χ3v) is 3.78.